The quantitative estimate of drug-likeness (QED) is 0.572. The molecular weight excluding hydrogens is 148 g/mol. The van der Waals surface area contributed by atoms with Crippen LogP contribution in [-0.4, -0.2) is 18.6 Å². The molecule has 0 aromatic carbocycles. The van der Waals surface area contributed by atoms with E-state index in [-0.39, 0.29) is 0 Å². The highest BCUT2D eigenvalue weighted by molar-refractivity contribution is 5.61. The van der Waals surface area contributed by atoms with Gasteiger partial charge in [0.05, 0.1) is 11.4 Å². The topological polar surface area (TPSA) is 16.1 Å². The number of hydrogen-bond acceptors (Lipinski definition) is 2. The lowest BCUT2D eigenvalue weighted by molar-refractivity contribution is 0.712. The highest BCUT2D eigenvalue weighted by atomic mass is 15.2. The summed E-state index contributed by atoms with van der Waals surface area (Å²) < 4.78 is 0. The monoisotopic (exact) mass is 160 g/mol. The van der Waals surface area contributed by atoms with Gasteiger partial charge in [-0.25, -0.2) is 0 Å². The number of aromatic nitrogens is 1. The van der Waals surface area contributed by atoms with Gasteiger partial charge in [-0.2, -0.15) is 0 Å². The Balaban J connectivity index is 2.21. The van der Waals surface area contributed by atoms with Crippen molar-refractivity contribution in [2.45, 2.75) is 18.3 Å². The van der Waals surface area contributed by atoms with E-state index in [1.54, 1.807) is 0 Å². The lowest BCUT2D eigenvalue weighted by Crippen LogP contribution is -2.18. The minimum atomic E-state index is 0.464. The van der Waals surface area contributed by atoms with Gasteiger partial charge in [-0.3, -0.25) is 4.98 Å². The molecular formula is C10H12N2. The third-order valence-electron chi connectivity index (χ3n) is 3.09. The molecule has 1 spiro atoms. The summed E-state index contributed by atoms with van der Waals surface area (Å²) in [6.07, 6.45) is 4.58. The third-order valence-corrected chi connectivity index (χ3v) is 3.09. The van der Waals surface area contributed by atoms with Crippen LogP contribution in [0.1, 0.15) is 18.5 Å². The maximum atomic E-state index is 4.48. The summed E-state index contributed by atoms with van der Waals surface area (Å²) in [6, 6.07) is 4.20. The van der Waals surface area contributed by atoms with Crippen molar-refractivity contribution in [2.24, 2.45) is 0 Å². The van der Waals surface area contributed by atoms with Crippen LogP contribution < -0.4 is 4.90 Å². The van der Waals surface area contributed by atoms with Gasteiger partial charge in [-0.15, -0.1) is 0 Å². The molecule has 0 unspecified atom stereocenters. The SMILES string of the molecule is CN1CC2(CC2)c2ncccc21. The molecule has 1 aromatic heterocycles. The van der Waals surface area contributed by atoms with E-state index < -0.39 is 0 Å². The summed E-state index contributed by atoms with van der Waals surface area (Å²) in [4.78, 5) is 6.81. The molecule has 1 fully saturated rings. The van der Waals surface area contributed by atoms with Gasteiger partial charge < -0.3 is 4.90 Å². The van der Waals surface area contributed by atoms with Gasteiger partial charge in [0, 0.05) is 25.2 Å². The molecule has 62 valence electrons. The van der Waals surface area contributed by atoms with Crippen LogP contribution in [0.2, 0.25) is 0 Å². The number of pyridine rings is 1. The molecule has 2 aliphatic rings. The molecule has 3 rings (SSSR count). The van der Waals surface area contributed by atoms with Gasteiger partial charge in [0.25, 0.3) is 0 Å². The zero-order valence-electron chi connectivity index (χ0n) is 7.25. The number of rotatable bonds is 0. The Kier molecular flexibility index (Phi) is 0.978. The van der Waals surface area contributed by atoms with Crippen molar-refractivity contribution in [3.05, 3.63) is 24.0 Å². The molecule has 0 radical (unpaired) electrons. The van der Waals surface area contributed by atoms with Crippen molar-refractivity contribution < 1.29 is 0 Å². The van der Waals surface area contributed by atoms with E-state index in [0.29, 0.717) is 5.41 Å². The van der Waals surface area contributed by atoms with Gasteiger partial charge in [0.15, 0.2) is 0 Å². The van der Waals surface area contributed by atoms with Crippen LogP contribution in [0.5, 0.6) is 0 Å². The van der Waals surface area contributed by atoms with Crippen LogP contribution in [0.3, 0.4) is 0 Å². The summed E-state index contributed by atoms with van der Waals surface area (Å²) in [5.74, 6) is 0. The maximum Gasteiger partial charge on any atom is 0.0715 e. The Hall–Kier alpha value is -1.05. The lowest BCUT2D eigenvalue weighted by atomic mass is 10.1. The van der Waals surface area contributed by atoms with Crippen LogP contribution >= 0.6 is 0 Å². The number of hydrogen-bond donors (Lipinski definition) is 0. The summed E-state index contributed by atoms with van der Waals surface area (Å²) >= 11 is 0. The third kappa shape index (κ3) is 0.631. The van der Waals surface area contributed by atoms with Crippen molar-refractivity contribution in [1.29, 1.82) is 0 Å². The Labute approximate surface area is 72.2 Å². The minimum Gasteiger partial charge on any atom is -0.372 e. The number of nitrogens with zero attached hydrogens (tertiary/aromatic N) is 2. The molecule has 0 atom stereocenters. The lowest BCUT2D eigenvalue weighted by Gasteiger charge is -2.10. The Bertz CT molecular complexity index is 328. The molecule has 2 heteroatoms. The van der Waals surface area contributed by atoms with Crippen molar-refractivity contribution in [1.82, 2.24) is 4.98 Å². The fourth-order valence-electron chi connectivity index (χ4n) is 2.27. The predicted octanol–water partition coefficient (Wildman–Crippen LogP) is 1.56. The van der Waals surface area contributed by atoms with Gasteiger partial charge in [-0.05, 0) is 25.0 Å². The second-order valence-electron chi connectivity index (χ2n) is 4.01. The van der Waals surface area contributed by atoms with Gasteiger partial charge >= 0.3 is 0 Å². The van der Waals surface area contributed by atoms with E-state index in [1.165, 1.54) is 30.8 Å². The molecule has 12 heavy (non-hydrogen) atoms. The van der Waals surface area contributed by atoms with Crippen molar-refractivity contribution in [2.75, 3.05) is 18.5 Å². The van der Waals surface area contributed by atoms with E-state index >= 15 is 0 Å². The van der Waals surface area contributed by atoms with Crippen LogP contribution in [0.15, 0.2) is 18.3 Å². The van der Waals surface area contributed by atoms with Crippen LogP contribution in [0.4, 0.5) is 5.69 Å². The summed E-state index contributed by atoms with van der Waals surface area (Å²) in [5, 5.41) is 0. The molecule has 1 aliphatic carbocycles. The predicted molar refractivity (Wildman–Crippen MR) is 48.4 cm³/mol. The van der Waals surface area contributed by atoms with Crippen LogP contribution in [-0.2, 0) is 5.41 Å². The van der Waals surface area contributed by atoms with Gasteiger partial charge in [-0.1, -0.05) is 0 Å². The zero-order chi connectivity index (χ0) is 8.18. The molecule has 0 bridgehead atoms. The summed E-state index contributed by atoms with van der Waals surface area (Å²) in [6.45, 7) is 1.18. The fourth-order valence-corrected chi connectivity index (χ4v) is 2.27. The first-order chi connectivity index (χ1) is 5.82. The van der Waals surface area contributed by atoms with Gasteiger partial charge in [0.2, 0.25) is 0 Å². The van der Waals surface area contributed by atoms with Crippen molar-refractivity contribution in [3.8, 4) is 0 Å². The van der Waals surface area contributed by atoms with Gasteiger partial charge in [0.1, 0.15) is 0 Å². The summed E-state index contributed by atoms with van der Waals surface area (Å²) in [5.41, 5.74) is 3.15. The summed E-state index contributed by atoms with van der Waals surface area (Å²) in [7, 11) is 2.16. The van der Waals surface area contributed by atoms with E-state index in [1.807, 2.05) is 12.3 Å². The largest absolute Gasteiger partial charge is 0.372 e. The average molecular weight is 160 g/mol. The highest BCUT2D eigenvalue weighted by Crippen LogP contribution is 2.54. The Morgan fingerprint density at radius 2 is 2.33 bits per heavy atom. The Morgan fingerprint density at radius 1 is 1.50 bits per heavy atom. The van der Waals surface area contributed by atoms with E-state index in [4.69, 9.17) is 0 Å². The normalized spacial score (nSPS) is 22.9. The highest BCUT2D eigenvalue weighted by Gasteiger charge is 2.51. The van der Waals surface area contributed by atoms with Crippen molar-refractivity contribution in [3.63, 3.8) is 0 Å². The average Bonchev–Trinajstić information content (AvgIpc) is 2.79. The van der Waals surface area contributed by atoms with E-state index in [9.17, 15) is 0 Å². The Morgan fingerprint density at radius 3 is 3.08 bits per heavy atom. The smallest absolute Gasteiger partial charge is 0.0715 e. The first-order valence-electron chi connectivity index (χ1n) is 4.48. The zero-order valence-corrected chi connectivity index (χ0v) is 7.25. The number of fused-ring (bicyclic) bond motifs is 2. The number of likely N-dealkylation sites (N-methyl/N-ethyl adjacent to an activating group) is 1. The molecule has 1 aliphatic heterocycles. The second kappa shape index (κ2) is 1.82. The molecule has 0 saturated heterocycles. The molecule has 2 nitrogen and oxygen atoms in total. The van der Waals surface area contributed by atoms with E-state index in [0.717, 1.165) is 0 Å². The minimum absolute atomic E-state index is 0.464. The fraction of sp³-hybridized carbons (Fsp3) is 0.500. The molecule has 1 saturated carbocycles. The van der Waals surface area contributed by atoms with Crippen LogP contribution in [0, 0.1) is 0 Å². The maximum absolute atomic E-state index is 4.48. The number of anilines is 1. The molecule has 0 amide bonds. The second-order valence-corrected chi connectivity index (χ2v) is 4.01. The van der Waals surface area contributed by atoms with Crippen molar-refractivity contribution >= 4 is 5.69 Å². The van der Waals surface area contributed by atoms with E-state index in [2.05, 4.69) is 23.0 Å². The standard InChI is InChI=1S/C10H12N2/c1-12-7-10(4-5-10)9-8(12)3-2-6-11-9/h2-3,6H,4-5,7H2,1H3. The first kappa shape index (κ1) is 6.46. The molecule has 0 N–H and O–H groups in total. The first-order valence-corrected chi connectivity index (χ1v) is 4.48. The molecule has 2 heterocycles. The molecule has 1 aromatic rings. The van der Waals surface area contributed by atoms with Crippen LogP contribution in [0.25, 0.3) is 0 Å².